The van der Waals surface area contributed by atoms with Gasteiger partial charge in [0.1, 0.15) is 5.75 Å². The van der Waals surface area contributed by atoms with Gasteiger partial charge in [0.05, 0.1) is 19.5 Å². The molecule has 1 aromatic heterocycles. The van der Waals surface area contributed by atoms with Gasteiger partial charge in [-0.15, -0.1) is 0 Å². The van der Waals surface area contributed by atoms with E-state index in [9.17, 15) is 4.79 Å². The number of amides is 1. The minimum atomic E-state index is -0.100. The lowest BCUT2D eigenvalue weighted by Gasteiger charge is -2.19. The number of nitrogens with one attached hydrogen (secondary N) is 1. The molecule has 0 radical (unpaired) electrons. The van der Waals surface area contributed by atoms with Crippen molar-refractivity contribution in [3.8, 4) is 5.75 Å². The van der Waals surface area contributed by atoms with Crippen LogP contribution in [0, 0.1) is 0 Å². The minimum Gasteiger partial charge on any atom is -0.497 e. The Labute approximate surface area is 188 Å². The number of benzene rings is 3. The van der Waals surface area contributed by atoms with E-state index in [4.69, 9.17) is 4.74 Å². The quantitative estimate of drug-likeness (QED) is 0.402. The average molecular weight is 424 g/mol. The van der Waals surface area contributed by atoms with Crippen molar-refractivity contribution in [3.05, 3.63) is 120 Å². The second-order valence-corrected chi connectivity index (χ2v) is 7.37. The molecule has 0 saturated carbocycles. The zero-order valence-corrected chi connectivity index (χ0v) is 17.9. The monoisotopic (exact) mass is 423 g/mol. The molecule has 0 saturated heterocycles. The molecule has 0 spiro atoms. The van der Waals surface area contributed by atoms with Crippen molar-refractivity contribution in [2.75, 3.05) is 13.7 Å². The van der Waals surface area contributed by atoms with Crippen LogP contribution in [0.4, 0.5) is 0 Å². The lowest BCUT2D eigenvalue weighted by Crippen LogP contribution is -2.31. The fraction of sp³-hybridized carbons (Fsp3) is 0.111. The molecular weight excluding hydrogens is 398 g/mol. The Kier molecular flexibility index (Phi) is 6.78. The smallest absolute Gasteiger partial charge is 0.251 e. The van der Waals surface area contributed by atoms with Crippen molar-refractivity contribution in [2.24, 2.45) is 0 Å². The van der Waals surface area contributed by atoms with Crippen LogP contribution in [0.1, 0.15) is 33.1 Å². The van der Waals surface area contributed by atoms with Crippen LogP contribution in [-0.4, -0.2) is 29.1 Å². The third-order valence-electron chi connectivity index (χ3n) is 5.28. The highest BCUT2D eigenvalue weighted by molar-refractivity contribution is 5.94. The Bertz CT molecular complexity index is 1150. The summed E-state index contributed by atoms with van der Waals surface area (Å²) in [4.78, 5) is 16.9. The molecule has 1 atom stereocenters. The molecule has 1 unspecified atom stereocenters. The number of methoxy groups -OCH3 is 1. The summed E-state index contributed by atoms with van der Waals surface area (Å²) in [6.45, 7) is 0.471. The predicted molar refractivity (Wildman–Crippen MR) is 128 cm³/mol. The van der Waals surface area contributed by atoms with Gasteiger partial charge in [-0.2, -0.15) is 0 Å². The standard InChI is InChI=1S/C27H25N3O2/c1-32-25-15-11-22(12-16-25)8-7-21-9-13-24(14-10-21)27(31)29-19-26(30-18-17-28-20-30)23-5-3-2-4-6-23/h2-18,20,26H,19H2,1H3,(H,29,31)/b8-7+. The van der Waals surface area contributed by atoms with Crippen LogP contribution < -0.4 is 10.1 Å². The third kappa shape index (κ3) is 5.32. The maximum absolute atomic E-state index is 12.7. The van der Waals surface area contributed by atoms with Gasteiger partial charge in [0.25, 0.3) is 5.91 Å². The first-order valence-electron chi connectivity index (χ1n) is 10.5. The first kappa shape index (κ1) is 21.1. The molecule has 160 valence electrons. The predicted octanol–water partition coefficient (Wildman–Crippen LogP) is 5.08. The summed E-state index contributed by atoms with van der Waals surface area (Å²) < 4.78 is 7.18. The maximum atomic E-state index is 12.7. The van der Waals surface area contributed by atoms with E-state index in [1.807, 2.05) is 89.6 Å². The Morgan fingerprint density at radius 2 is 1.62 bits per heavy atom. The van der Waals surface area contributed by atoms with Crippen molar-refractivity contribution >= 4 is 18.1 Å². The Morgan fingerprint density at radius 1 is 0.969 bits per heavy atom. The third-order valence-corrected chi connectivity index (χ3v) is 5.28. The van der Waals surface area contributed by atoms with E-state index in [1.54, 1.807) is 19.6 Å². The molecule has 32 heavy (non-hydrogen) atoms. The van der Waals surface area contributed by atoms with E-state index >= 15 is 0 Å². The van der Waals surface area contributed by atoms with Crippen LogP contribution in [0.25, 0.3) is 12.2 Å². The molecule has 1 heterocycles. The van der Waals surface area contributed by atoms with Crippen molar-refractivity contribution < 1.29 is 9.53 Å². The molecular formula is C27H25N3O2. The fourth-order valence-electron chi connectivity index (χ4n) is 3.47. The van der Waals surface area contributed by atoms with Crippen molar-refractivity contribution in [2.45, 2.75) is 6.04 Å². The summed E-state index contributed by atoms with van der Waals surface area (Å²) in [5.41, 5.74) is 3.85. The van der Waals surface area contributed by atoms with E-state index in [2.05, 4.69) is 22.4 Å². The normalized spacial score (nSPS) is 11.9. The summed E-state index contributed by atoms with van der Waals surface area (Å²) in [7, 11) is 1.65. The largest absolute Gasteiger partial charge is 0.497 e. The molecule has 0 aliphatic carbocycles. The highest BCUT2D eigenvalue weighted by Crippen LogP contribution is 2.18. The van der Waals surface area contributed by atoms with Crippen LogP contribution in [0.15, 0.2) is 97.6 Å². The van der Waals surface area contributed by atoms with Crippen LogP contribution >= 0.6 is 0 Å². The van der Waals surface area contributed by atoms with Crippen LogP contribution in [0.5, 0.6) is 5.75 Å². The summed E-state index contributed by atoms with van der Waals surface area (Å²) in [6, 6.07) is 25.5. The Hall–Kier alpha value is -4.12. The number of hydrogen-bond donors (Lipinski definition) is 1. The minimum absolute atomic E-state index is 0.0191. The van der Waals surface area contributed by atoms with Gasteiger partial charge in [-0.25, -0.2) is 4.98 Å². The van der Waals surface area contributed by atoms with Crippen molar-refractivity contribution in [1.82, 2.24) is 14.9 Å². The van der Waals surface area contributed by atoms with E-state index in [1.165, 1.54) is 0 Å². The number of ether oxygens (including phenoxy) is 1. The van der Waals surface area contributed by atoms with Gasteiger partial charge in [0.2, 0.25) is 0 Å². The molecule has 0 aliphatic heterocycles. The molecule has 0 bridgehead atoms. The number of rotatable bonds is 8. The van der Waals surface area contributed by atoms with Gasteiger partial charge in [0, 0.05) is 24.5 Å². The first-order chi connectivity index (χ1) is 15.7. The highest BCUT2D eigenvalue weighted by Gasteiger charge is 2.15. The van der Waals surface area contributed by atoms with E-state index in [0.717, 1.165) is 22.4 Å². The van der Waals surface area contributed by atoms with Crippen molar-refractivity contribution in [3.63, 3.8) is 0 Å². The fourth-order valence-corrected chi connectivity index (χ4v) is 3.47. The van der Waals surface area contributed by atoms with Gasteiger partial charge in [0.15, 0.2) is 0 Å². The lowest BCUT2D eigenvalue weighted by molar-refractivity contribution is 0.0950. The number of aromatic nitrogens is 2. The first-order valence-corrected chi connectivity index (χ1v) is 10.5. The summed E-state index contributed by atoms with van der Waals surface area (Å²) in [6.07, 6.45) is 9.48. The van der Waals surface area contributed by atoms with E-state index in [-0.39, 0.29) is 11.9 Å². The molecule has 0 aliphatic rings. The zero-order chi connectivity index (χ0) is 22.2. The molecule has 5 nitrogen and oxygen atoms in total. The van der Waals surface area contributed by atoms with E-state index < -0.39 is 0 Å². The summed E-state index contributed by atoms with van der Waals surface area (Å²) >= 11 is 0. The van der Waals surface area contributed by atoms with Gasteiger partial charge < -0.3 is 14.6 Å². The second kappa shape index (κ2) is 10.3. The molecule has 4 aromatic rings. The SMILES string of the molecule is COc1ccc(/C=C/c2ccc(C(=O)NCC(c3ccccc3)n3ccnc3)cc2)cc1. The Balaban J connectivity index is 1.39. The number of carbonyl (C=O) groups is 1. The summed E-state index contributed by atoms with van der Waals surface area (Å²) in [5, 5.41) is 3.06. The van der Waals surface area contributed by atoms with Crippen molar-refractivity contribution in [1.29, 1.82) is 0 Å². The highest BCUT2D eigenvalue weighted by atomic mass is 16.5. The number of nitrogens with zero attached hydrogens (tertiary/aromatic N) is 2. The summed E-state index contributed by atoms with van der Waals surface area (Å²) in [5.74, 6) is 0.733. The van der Waals surface area contributed by atoms with Crippen LogP contribution in [0.3, 0.4) is 0 Å². The average Bonchev–Trinajstić information content (AvgIpc) is 3.39. The zero-order valence-electron chi connectivity index (χ0n) is 17.9. The molecule has 1 amide bonds. The van der Waals surface area contributed by atoms with E-state index in [0.29, 0.717) is 12.1 Å². The van der Waals surface area contributed by atoms with Gasteiger partial charge >= 0.3 is 0 Å². The molecule has 0 fully saturated rings. The molecule has 4 rings (SSSR count). The molecule has 3 aromatic carbocycles. The van der Waals surface area contributed by atoms with Crippen LogP contribution in [-0.2, 0) is 0 Å². The number of hydrogen-bond acceptors (Lipinski definition) is 3. The van der Waals surface area contributed by atoms with Gasteiger partial charge in [-0.3, -0.25) is 4.79 Å². The van der Waals surface area contributed by atoms with Crippen LogP contribution in [0.2, 0.25) is 0 Å². The maximum Gasteiger partial charge on any atom is 0.251 e. The molecule has 1 N–H and O–H groups in total. The second-order valence-electron chi connectivity index (χ2n) is 7.37. The topological polar surface area (TPSA) is 56.1 Å². The lowest BCUT2D eigenvalue weighted by atomic mass is 10.1. The number of carbonyl (C=O) groups excluding carboxylic acids is 1. The molecule has 5 heteroatoms. The van der Waals surface area contributed by atoms with Gasteiger partial charge in [-0.05, 0) is 41.0 Å². The number of imidazole rings is 1. The van der Waals surface area contributed by atoms with Gasteiger partial charge in [-0.1, -0.05) is 66.7 Å². The Morgan fingerprint density at radius 3 is 2.22 bits per heavy atom.